The number of nitrogens with zero attached hydrogens (tertiary/aromatic N) is 2. The normalized spacial score (nSPS) is 27.8. The average molecular weight is 273 g/mol. The van der Waals surface area contributed by atoms with Gasteiger partial charge in [-0.3, -0.25) is 0 Å². The van der Waals surface area contributed by atoms with Gasteiger partial charge >= 0.3 is 0 Å². The van der Waals surface area contributed by atoms with E-state index in [9.17, 15) is 0 Å². The molecule has 0 spiro atoms. The van der Waals surface area contributed by atoms with E-state index in [1.807, 2.05) is 17.9 Å². The lowest BCUT2D eigenvalue weighted by Crippen LogP contribution is -2.27. The molecule has 2 aliphatic rings. The van der Waals surface area contributed by atoms with Crippen LogP contribution >= 0.6 is 0 Å². The topological polar surface area (TPSA) is 29.9 Å². The third-order valence-corrected chi connectivity index (χ3v) is 5.01. The van der Waals surface area contributed by atoms with Gasteiger partial charge in [-0.2, -0.15) is 0 Å². The van der Waals surface area contributed by atoms with Crippen molar-refractivity contribution >= 4 is 6.08 Å². The molecule has 1 N–H and O–H groups in total. The highest BCUT2D eigenvalue weighted by molar-refractivity contribution is 5.49. The fraction of sp³-hybridized carbons (Fsp3) is 0.706. The summed E-state index contributed by atoms with van der Waals surface area (Å²) in [5.74, 6) is 2.76. The Morgan fingerprint density at radius 2 is 2.20 bits per heavy atom. The Hall–Kier alpha value is -1.09. The van der Waals surface area contributed by atoms with Gasteiger partial charge in [-0.05, 0) is 69.5 Å². The van der Waals surface area contributed by atoms with Crippen molar-refractivity contribution in [2.75, 3.05) is 13.1 Å². The van der Waals surface area contributed by atoms with Crippen molar-refractivity contribution in [1.29, 1.82) is 0 Å². The predicted molar refractivity (Wildman–Crippen MR) is 83.3 cm³/mol. The van der Waals surface area contributed by atoms with Gasteiger partial charge in [0.2, 0.25) is 0 Å². The maximum atomic E-state index is 4.39. The summed E-state index contributed by atoms with van der Waals surface area (Å²) in [4.78, 5) is 4.39. The molecule has 1 aliphatic heterocycles. The number of rotatable bonds is 5. The summed E-state index contributed by atoms with van der Waals surface area (Å²) in [6.45, 7) is 4.75. The highest BCUT2D eigenvalue weighted by atomic mass is 15.0. The average Bonchev–Trinajstić information content (AvgIpc) is 3.13. The number of hydrogen-bond donors (Lipinski definition) is 1. The SMILES string of the molecule is C/C(=C\c1cn(C)cn1)C1CC1CCC1CCNCC1. The monoisotopic (exact) mass is 273 g/mol. The van der Waals surface area contributed by atoms with Crippen molar-refractivity contribution in [2.24, 2.45) is 24.8 Å². The third kappa shape index (κ3) is 3.51. The third-order valence-electron chi connectivity index (χ3n) is 5.01. The number of piperidine rings is 1. The highest BCUT2D eigenvalue weighted by Gasteiger charge is 2.37. The Kier molecular flexibility index (Phi) is 4.25. The Balaban J connectivity index is 1.45. The first-order valence-electron chi connectivity index (χ1n) is 8.09. The van der Waals surface area contributed by atoms with Crippen molar-refractivity contribution in [3.63, 3.8) is 0 Å². The van der Waals surface area contributed by atoms with E-state index in [0.717, 1.165) is 23.4 Å². The van der Waals surface area contributed by atoms with E-state index in [0.29, 0.717) is 0 Å². The molecule has 2 atom stereocenters. The Morgan fingerprint density at radius 1 is 1.40 bits per heavy atom. The van der Waals surface area contributed by atoms with Crippen LogP contribution in [-0.4, -0.2) is 22.6 Å². The van der Waals surface area contributed by atoms with Gasteiger partial charge in [0, 0.05) is 13.2 Å². The predicted octanol–water partition coefficient (Wildman–Crippen LogP) is 3.24. The summed E-state index contributed by atoms with van der Waals surface area (Å²) in [6.07, 6.45) is 13.3. The zero-order chi connectivity index (χ0) is 13.9. The number of nitrogens with one attached hydrogen (secondary N) is 1. The van der Waals surface area contributed by atoms with Crippen molar-refractivity contribution in [3.8, 4) is 0 Å². The number of aromatic nitrogens is 2. The molecule has 3 rings (SSSR count). The second-order valence-electron chi connectivity index (χ2n) is 6.73. The van der Waals surface area contributed by atoms with Crippen LogP contribution in [0.2, 0.25) is 0 Å². The second-order valence-corrected chi connectivity index (χ2v) is 6.73. The zero-order valence-electron chi connectivity index (χ0n) is 12.8. The Labute approximate surface area is 122 Å². The molecule has 0 aromatic carbocycles. The van der Waals surface area contributed by atoms with Gasteiger partial charge in [0.1, 0.15) is 0 Å². The van der Waals surface area contributed by atoms with Gasteiger partial charge < -0.3 is 9.88 Å². The summed E-state index contributed by atoms with van der Waals surface area (Å²) in [6, 6.07) is 0. The van der Waals surface area contributed by atoms with Crippen LogP contribution < -0.4 is 5.32 Å². The summed E-state index contributed by atoms with van der Waals surface area (Å²) >= 11 is 0. The largest absolute Gasteiger partial charge is 0.340 e. The number of hydrogen-bond acceptors (Lipinski definition) is 2. The van der Waals surface area contributed by atoms with Gasteiger partial charge in [-0.1, -0.05) is 12.0 Å². The lowest BCUT2D eigenvalue weighted by molar-refractivity contribution is 0.339. The molecule has 0 amide bonds. The fourth-order valence-electron chi connectivity index (χ4n) is 3.59. The lowest BCUT2D eigenvalue weighted by atomic mass is 9.91. The van der Waals surface area contributed by atoms with E-state index >= 15 is 0 Å². The van der Waals surface area contributed by atoms with Crippen molar-refractivity contribution in [3.05, 3.63) is 23.8 Å². The van der Waals surface area contributed by atoms with Crippen LogP contribution in [-0.2, 0) is 7.05 Å². The minimum Gasteiger partial charge on any atom is -0.340 e. The Morgan fingerprint density at radius 3 is 2.90 bits per heavy atom. The molecule has 110 valence electrons. The van der Waals surface area contributed by atoms with E-state index < -0.39 is 0 Å². The maximum absolute atomic E-state index is 4.39. The standard InChI is InChI=1S/C17H27N3/c1-13(9-16-11-20(2)12-19-16)17-10-15(17)4-3-14-5-7-18-8-6-14/h9,11-12,14-15,17-18H,3-8,10H2,1-2H3/b13-9+. The first-order chi connectivity index (χ1) is 9.72. The molecule has 1 aromatic heterocycles. The van der Waals surface area contributed by atoms with Crippen LogP contribution in [0.5, 0.6) is 0 Å². The molecule has 1 aliphatic carbocycles. The van der Waals surface area contributed by atoms with Crippen LogP contribution in [0.1, 0.15) is 44.7 Å². The number of allylic oxidation sites excluding steroid dienone is 1. The maximum Gasteiger partial charge on any atom is 0.0950 e. The molecule has 2 fully saturated rings. The van der Waals surface area contributed by atoms with Crippen molar-refractivity contribution < 1.29 is 0 Å². The summed E-state index contributed by atoms with van der Waals surface area (Å²) in [5.41, 5.74) is 2.63. The minimum atomic E-state index is 0.832. The van der Waals surface area contributed by atoms with E-state index in [1.165, 1.54) is 50.8 Å². The summed E-state index contributed by atoms with van der Waals surface area (Å²) < 4.78 is 2.01. The summed E-state index contributed by atoms with van der Waals surface area (Å²) in [5, 5.41) is 3.46. The molecular weight excluding hydrogens is 246 g/mol. The molecule has 1 aromatic rings. The minimum absolute atomic E-state index is 0.832. The van der Waals surface area contributed by atoms with Crippen LogP contribution in [0.4, 0.5) is 0 Å². The zero-order valence-corrected chi connectivity index (χ0v) is 12.8. The van der Waals surface area contributed by atoms with Crippen LogP contribution in [0.15, 0.2) is 18.1 Å². The van der Waals surface area contributed by atoms with E-state index in [4.69, 9.17) is 0 Å². The highest BCUT2D eigenvalue weighted by Crippen LogP contribution is 2.48. The van der Waals surface area contributed by atoms with Crippen molar-refractivity contribution in [2.45, 2.75) is 39.0 Å². The van der Waals surface area contributed by atoms with Crippen LogP contribution in [0.25, 0.3) is 6.08 Å². The van der Waals surface area contributed by atoms with Crippen molar-refractivity contribution in [1.82, 2.24) is 14.9 Å². The fourth-order valence-corrected chi connectivity index (χ4v) is 3.59. The first-order valence-corrected chi connectivity index (χ1v) is 8.09. The van der Waals surface area contributed by atoms with Gasteiger partial charge in [0.05, 0.1) is 12.0 Å². The second kappa shape index (κ2) is 6.13. The molecule has 1 saturated carbocycles. The smallest absolute Gasteiger partial charge is 0.0950 e. The molecule has 1 saturated heterocycles. The molecule has 0 radical (unpaired) electrons. The molecule has 20 heavy (non-hydrogen) atoms. The molecule has 3 heteroatoms. The quantitative estimate of drug-likeness (QED) is 0.892. The van der Waals surface area contributed by atoms with Gasteiger partial charge in [-0.15, -0.1) is 0 Å². The first kappa shape index (κ1) is 13.9. The number of imidazole rings is 1. The van der Waals surface area contributed by atoms with E-state index in [1.54, 1.807) is 0 Å². The van der Waals surface area contributed by atoms with E-state index in [-0.39, 0.29) is 0 Å². The molecule has 2 heterocycles. The number of aryl methyl sites for hydroxylation is 1. The molecular formula is C17H27N3. The molecule has 3 nitrogen and oxygen atoms in total. The van der Waals surface area contributed by atoms with Crippen LogP contribution in [0, 0.1) is 17.8 Å². The Bertz CT molecular complexity index is 468. The van der Waals surface area contributed by atoms with Gasteiger partial charge in [0.25, 0.3) is 0 Å². The lowest BCUT2D eigenvalue weighted by Gasteiger charge is -2.22. The van der Waals surface area contributed by atoms with Gasteiger partial charge in [0.15, 0.2) is 0 Å². The molecule has 2 unspecified atom stereocenters. The van der Waals surface area contributed by atoms with Gasteiger partial charge in [-0.25, -0.2) is 4.98 Å². The summed E-state index contributed by atoms with van der Waals surface area (Å²) in [7, 11) is 2.03. The molecule has 0 bridgehead atoms. The van der Waals surface area contributed by atoms with Crippen LogP contribution in [0.3, 0.4) is 0 Å². The van der Waals surface area contributed by atoms with E-state index in [2.05, 4.69) is 29.5 Å².